The van der Waals surface area contributed by atoms with Gasteiger partial charge in [0, 0.05) is 5.92 Å². The maximum Gasteiger partial charge on any atom is 0.401 e. The lowest BCUT2D eigenvalue weighted by Gasteiger charge is -2.30. The molecular weight excluding hydrogens is 290 g/mol. The molecule has 1 atom stereocenters. The topological polar surface area (TPSA) is 37.3 Å². The monoisotopic (exact) mass is 300 g/mol. The highest BCUT2D eigenvalue weighted by molar-refractivity contribution is 5.68. The molecule has 0 saturated carbocycles. The van der Waals surface area contributed by atoms with Crippen molar-refractivity contribution in [3.63, 3.8) is 0 Å². The third-order valence-electron chi connectivity index (χ3n) is 2.73. The van der Waals surface area contributed by atoms with Gasteiger partial charge in [0.2, 0.25) is 0 Å². The number of rotatable bonds is 4. The van der Waals surface area contributed by atoms with Crippen LogP contribution in [0.5, 0.6) is 0 Å². The Morgan fingerprint density at radius 2 is 1.45 bits per heavy atom. The number of aliphatic carboxylic acids is 1. The van der Waals surface area contributed by atoms with Crippen LogP contribution < -0.4 is 0 Å². The average molecular weight is 300 g/mol. The van der Waals surface area contributed by atoms with Crippen molar-refractivity contribution < 1.29 is 36.2 Å². The average Bonchev–Trinajstić information content (AvgIpc) is 2.25. The van der Waals surface area contributed by atoms with Crippen LogP contribution in [0.4, 0.5) is 26.3 Å². The summed E-state index contributed by atoms with van der Waals surface area (Å²) in [5.41, 5.74) is -0.311. The van der Waals surface area contributed by atoms with Gasteiger partial charge < -0.3 is 5.11 Å². The van der Waals surface area contributed by atoms with Gasteiger partial charge in [-0.25, -0.2) is 0 Å². The Bertz CT molecular complexity index is 437. The van der Waals surface area contributed by atoms with Gasteiger partial charge in [-0.15, -0.1) is 0 Å². The van der Waals surface area contributed by atoms with Gasteiger partial charge in [0.25, 0.3) is 0 Å². The first-order valence-corrected chi connectivity index (χ1v) is 5.43. The summed E-state index contributed by atoms with van der Waals surface area (Å²) < 4.78 is 76.1. The quantitative estimate of drug-likeness (QED) is 0.854. The van der Waals surface area contributed by atoms with Gasteiger partial charge in [0.05, 0.1) is 6.42 Å². The van der Waals surface area contributed by atoms with E-state index in [-0.39, 0.29) is 5.56 Å². The van der Waals surface area contributed by atoms with Crippen LogP contribution in [0.15, 0.2) is 30.3 Å². The summed E-state index contributed by atoms with van der Waals surface area (Å²) in [6.45, 7) is 0. The van der Waals surface area contributed by atoms with Gasteiger partial charge in [-0.3, -0.25) is 4.79 Å². The van der Waals surface area contributed by atoms with Crippen LogP contribution in [0.3, 0.4) is 0 Å². The number of carboxylic acid groups (broad SMARTS) is 1. The largest absolute Gasteiger partial charge is 0.481 e. The number of halogens is 6. The maximum absolute atomic E-state index is 12.7. The summed E-state index contributed by atoms with van der Waals surface area (Å²) in [7, 11) is 0. The van der Waals surface area contributed by atoms with E-state index in [2.05, 4.69) is 0 Å². The highest BCUT2D eigenvalue weighted by Crippen LogP contribution is 2.48. The predicted octanol–water partition coefficient (Wildman–Crippen LogP) is 3.99. The lowest BCUT2D eigenvalue weighted by molar-refractivity contribution is -0.290. The molecule has 1 aromatic carbocycles. The third-order valence-corrected chi connectivity index (χ3v) is 2.73. The van der Waals surface area contributed by atoms with Crippen molar-refractivity contribution in [2.75, 3.05) is 0 Å². The standard InChI is InChI=1S/C12H10F6O2/c13-11(14,15)10(12(16,17)18)8(6-9(19)20)7-4-2-1-3-5-7/h1-5,8,10H,6H2,(H,19,20). The second-order valence-corrected chi connectivity index (χ2v) is 4.18. The van der Waals surface area contributed by atoms with Crippen molar-refractivity contribution in [2.45, 2.75) is 24.7 Å². The molecule has 0 aromatic heterocycles. The van der Waals surface area contributed by atoms with Crippen molar-refractivity contribution in [3.05, 3.63) is 35.9 Å². The zero-order valence-electron chi connectivity index (χ0n) is 9.87. The van der Waals surface area contributed by atoms with Gasteiger partial charge in [-0.05, 0) is 5.56 Å². The first-order chi connectivity index (χ1) is 9.03. The SMILES string of the molecule is O=C(O)CC(c1ccccc1)C(C(F)(F)F)C(F)(F)F. The first kappa shape index (κ1) is 16.3. The molecule has 112 valence electrons. The van der Waals surface area contributed by atoms with Crippen LogP contribution >= 0.6 is 0 Å². The van der Waals surface area contributed by atoms with Crippen LogP contribution in [-0.2, 0) is 4.79 Å². The molecule has 0 aliphatic rings. The van der Waals surface area contributed by atoms with Crippen LogP contribution in [0.1, 0.15) is 17.9 Å². The zero-order chi connectivity index (χ0) is 15.6. The van der Waals surface area contributed by atoms with Crippen molar-refractivity contribution in [1.82, 2.24) is 0 Å². The molecule has 20 heavy (non-hydrogen) atoms. The van der Waals surface area contributed by atoms with Gasteiger partial charge in [0.1, 0.15) is 0 Å². The molecule has 0 heterocycles. The van der Waals surface area contributed by atoms with Crippen molar-refractivity contribution in [1.29, 1.82) is 0 Å². The lowest BCUT2D eigenvalue weighted by atomic mass is 9.82. The van der Waals surface area contributed by atoms with E-state index in [1.54, 1.807) is 0 Å². The first-order valence-electron chi connectivity index (χ1n) is 5.43. The van der Waals surface area contributed by atoms with Crippen LogP contribution in [0.25, 0.3) is 0 Å². The second-order valence-electron chi connectivity index (χ2n) is 4.18. The van der Waals surface area contributed by atoms with E-state index in [1.807, 2.05) is 0 Å². The highest BCUT2D eigenvalue weighted by Gasteiger charge is 2.60. The molecule has 1 aromatic rings. The third kappa shape index (κ3) is 4.14. The number of carboxylic acids is 1. The molecule has 0 bridgehead atoms. The molecule has 1 N–H and O–H groups in total. The predicted molar refractivity (Wildman–Crippen MR) is 57.0 cm³/mol. The molecule has 0 aliphatic heterocycles. The van der Waals surface area contributed by atoms with Crippen molar-refractivity contribution in [2.24, 2.45) is 5.92 Å². The molecule has 2 nitrogen and oxygen atoms in total. The van der Waals surface area contributed by atoms with E-state index < -0.39 is 36.6 Å². The fourth-order valence-electron chi connectivity index (χ4n) is 1.96. The maximum atomic E-state index is 12.7. The Balaban J connectivity index is 3.30. The molecular formula is C12H10F6O2. The molecule has 1 unspecified atom stereocenters. The minimum atomic E-state index is -5.58. The second kappa shape index (κ2) is 5.72. The van der Waals surface area contributed by atoms with E-state index in [9.17, 15) is 31.1 Å². The van der Waals surface area contributed by atoms with Gasteiger partial charge in [-0.1, -0.05) is 30.3 Å². The summed E-state index contributed by atoms with van der Waals surface area (Å²) in [6, 6.07) is 6.04. The lowest BCUT2D eigenvalue weighted by Crippen LogP contribution is -2.41. The summed E-state index contributed by atoms with van der Waals surface area (Å²) in [4.78, 5) is 10.6. The van der Waals surface area contributed by atoms with Gasteiger partial charge in [0.15, 0.2) is 5.92 Å². The minimum absolute atomic E-state index is 0.311. The number of carbonyl (C=O) groups is 1. The van der Waals surface area contributed by atoms with E-state index >= 15 is 0 Å². The molecule has 0 spiro atoms. The molecule has 0 saturated heterocycles. The van der Waals surface area contributed by atoms with Gasteiger partial charge >= 0.3 is 18.3 Å². The Morgan fingerprint density at radius 3 is 1.80 bits per heavy atom. The van der Waals surface area contributed by atoms with E-state index in [0.29, 0.717) is 0 Å². The van der Waals surface area contributed by atoms with Crippen LogP contribution in [0.2, 0.25) is 0 Å². The molecule has 0 fully saturated rings. The minimum Gasteiger partial charge on any atom is -0.481 e. The fourth-order valence-corrected chi connectivity index (χ4v) is 1.96. The van der Waals surface area contributed by atoms with Gasteiger partial charge in [-0.2, -0.15) is 26.3 Å². The molecule has 1 rings (SSSR count). The van der Waals surface area contributed by atoms with E-state index in [4.69, 9.17) is 5.11 Å². The number of hydrogen-bond acceptors (Lipinski definition) is 1. The summed E-state index contributed by atoms with van der Waals surface area (Å²) >= 11 is 0. The van der Waals surface area contributed by atoms with Crippen molar-refractivity contribution in [3.8, 4) is 0 Å². The summed E-state index contributed by atoms with van der Waals surface area (Å²) in [5.74, 6) is -7.65. The van der Waals surface area contributed by atoms with Crippen LogP contribution in [-0.4, -0.2) is 23.4 Å². The number of benzene rings is 1. The highest BCUT2D eigenvalue weighted by atomic mass is 19.4. The van der Waals surface area contributed by atoms with Crippen LogP contribution in [0, 0.1) is 5.92 Å². The van der Waals surface area contributed by atoms with Crippen molar-refractivity contribution >= 4 is 5.97 Å². The summed E-state index contributed by atoms with van der Waals surface area (Å²) in [6.07, 6.45) is -12.4. The molecule has 8 heteroatoms. The Kier molecular flexibility index (Phi) is 4.67. The summed E-state index contributed by atoms with van der Waals surface area (Å²) in [5, 5.41) is 8.59. The number of hydrogen-bond donors (Lipinski definition) is 1. The number of alkyl halides is 6. The molecule has 0 radical (unpaired) electrons. The zero-order valence-corrected chi connectivity index (χ0v) is 9.87. The fraction of sp³-hybridized carbons (Fsp3) is 0.417. The van der Waals surface area contributed by atoms with E-state index in [0.717, 1.165) is 12.1 Å². The molecule has 0 aliphatic carbocycles. The normalized spacial score (nSPS) is 14.3. The Labute approximate surface area is 110 Å². The Morgan fingerprint density at radius 1 is 1.00 bits per heavy atom. The molecule has 0 amide bonds. The smallest absolute Gasteiger partial charge is 0.401 e. The Hall–Kier alpha value is -1.73. The van der Waals surface area contributed by atoms with E-state index in [1.165, 1.54) is 18.2 Å².